The molecular formula is C21H23N7O2S+. The van der Waals surface area contributed by atoms with Crippen molar-refractivity contribution in [1.29, 1.82) is 0 Å². The van der Waals surface area contributed by atoms with E-state index in [0.717, 1.165) is 22.4 Å². The fraction of sp³-hybridized carbons (Fsp3) is 0.286. The van der Waals surface area contributed by atoms with Gasteiger partial charge in [-0.15, -0.1) is 0 Å². The molecule has 1 amide bonds. The largest absolute Gasteiger partial charge is 0.395 e. The van der Waals surface area contributed by atoms with Crippen LogP contribution in [0.15, 0.2) is 64.6 Å². The third-order valence-corrected chi connectivity index (χ3v) is 6.10. The van der Waals surface area contributed by atoms with Gasteiger partial charge in [-0.25, -0.2) is 0 Å². The van der Waals surface area contributed by atoms with Gasteiger partial charge in [0.15, 0.2) is 12.0 Å². The molecule has 9 nitrogen and oxygen atoms in total. The molecule has 10 heteroatoms. The topological polar surface area (TPSA) is 112 Å². The number of nitrogens with one attached hydrogen (secondary N) is 3. The average molecular weight is 438 g/mol. The van der Waals surface area contributed by atoms with Crippen LogP contribution in [-0.2, 0) is 0 Å². The number of H-pyrrole nitrogens is 1. The lowest BCUT2D eigenvalue weighted by molar-refractivity contribution is 0.0944. The summed E-state index contributed by atoms with van der Waals surface area (Å²) >= 11 is 1.57. The van der Waals surface area contributed by atoms with E-state index < -0.39 is 0 Å². The molecule has 4 N–H and O–H groups in total. The highest BCUT2D eigenvalue weighted by Gasteiger charge is 2.37. The smallest absolute Gasteiger partial charge is 0.285 e. The van der Waals surface area contributed by atoms with Crippen molar-refractivity contribution >= 4 is 29.5 Å². The second-order valence-electron chi connectivity index (χ2n) is 7.51. The Kier molecular flexibility index (Phi) is 5.49. The molecule has 0 unspecified atom stereocenters. The Morgan fingerprint density at radius 2 is 2.16 bits per heavy atom. The van der Waals surface area contributed by atoms with Crippen LogP contribution < -0.4 is 15.5 Å². The van der Waals surface area contributed by atoms with Crippen LogP contribution in [-0.4, -0.2) is 51.0 Å². The first-order chi connectivity index (χ1) is 15.2. The van der Waals surface area contributed by atoms with Crippen molar-refractivity contribution < 1.29 is 9.90 Å². The van der Waals surface area contributed by atoms with E-state index in [1.165, 1.54) is 18.5 Å². The number of aromatic nitrogens is 2. The molecule has 3 heterocycles. The maximum absolute atomic E-state index is 12.0. The van der Waals surface area contributed by atoms with Crippen molar-refractivity contribution in [2.24, 2.45) is 4.99 Å². The highest BCUT2D eigenvalue weighted by atomic mass is 32.2. The molecule has 5 rings (SSSR count). The Labute approximate surface area is 184 Å². The Morgan fingerprint density at radius 3 is 2.94 bits per heavy atom. The number of hydrogen-bond acceptors (Lipinski definition) is 8. The van der Waals surface area contributed by atoms with Crippen molar-refractivity contribution in [3.63, 3.8) is 0 Å². The average Bonchev–Trinajstić information content (AvgIpc) is 3.33. The van der Waals surface area contributed by atoms with E-state index in [1.807, 2.05) is 29.4 Å². The summed E-state index contributed by atoms with van der Waals surface area (Å²) in [6.07, 6.45) is 8.21. The minimum atomic E-state index is -0.193. The number of carbonyl (C=O) groups is 1. The van der Waals surface area contributed by atoms with Gasteiger partial charge in [0.25, 0.3) is 17.6 Å². The monoisotopic (exact) mass is 437 g/mol. The zero-order valence-electron chi connectivity index (χ0n) is 16.8. The fourth-order valence-corrected chi connectivity index (χ4v) is 4.28. The fourth-order valence-electron chi connectivity index (χ4n) is 3.41. The van der Waals surface area contributed by atoms with E-state index in [1.54, 1.807) is 30.3 Å². The second kappa shape index (κ2) is 8.58. The number of aliphatic hydroxyl groups excluding tert-OH is 1. The minimum Gasteiger partial charge on any atom is -0.395 e. The van der Waals surface area contributed by atoms with E-state index >= 15 is 0 Å². The van der Waals surface area contributed by atoms with Crippen LogP contribution in [0.2, 0.25) is 0 Å². The maximum Gasteiger partial charge on any atom is 0.285 e. The molecule has 0 saturated heterocycles. The van der Waals surface area contributed by atoms with Crippen molar-refractivity contribution in [2.45, 2.75) is 23.7 Å². The van der Waals surface area contributed by atoms with Gasteiger partial charge in [-0.05, 0) is 54.0 Å². The number of amides is 1. The molecule has 0 atom stereocenters. The Hall–Kier alpha value is -3.08. The van der Waals surface area contributed by atoms with Crippen LogP contribution in [0.5, 0.6) is 0 Å². The molecule has 2 aromatic rings. The van der Waals surface area contributed by atoms with Gasteiger partial charge < -0.3 is 10.4 Å². The molecule has 159 valence electrons. The Balaban J connectivity index is 1.28. The summed E-state index contributed by atoms with van der Waals surface area (Å²) in [5, 5.41) is 22.4. The summed E-state index contributed by atoms with van der Waals surface area (Å²) in [6, 6.07) is 9.46. The highest BCUT2D eigenvalue weighted by Crippen LogP contribution is 2.39. The molecule has 31 heavy (non-hydrogen) atoms. The number of carbonyl (C=O) groups excluding carboxylic acids is 1. The number of nitrogens with zero attached hydrogens (tertiary/aromatic N) is 4. The Bertz CT molecular complexity index is 1060. The lowest BCUT2D eigenvalue weighted by atomic mass is 10.2. The van der Waals surface area contributed by atoms with Crippen molar-refractivity contribution in [2.75, 3.05) is 25.0 Å². The first-order valence-electron chi connectivity index (χ1n) is 10.2. The molecule has 1 aliphatic carbocycles. The molecule has 1 saturated carbocycles. The summed E-state index contributed by atoms with van der Waals surface area (Å²) in [7, 11) is 0. The first-order valence-corrected chi connectivity index (χ1v) is 11.0. The predicted molar refractivity (Wildman–Crippen MR) is 119 cm³/mol. The molecule has 1 fully saturated rings. The van der Waals surface area contributed by atoms with Crippen LogP contribution in [0.25, 0.3) is 0 Å². The van der Waals surface area contributed by atoms with Gasteiger partial charge in [0, 0.05) is 34.7 Å². The Morgan fingerprint density at radius 1 is 1.32 bits per heavy atom. The third kappa shape index (κ3) is 4.50. The maximum atomic E-state index is 12.0. The lowest BCUT2D eigenvalue weighted by Crippen LogP contribution is -2.42. The number of aromatic amines is 1. The molecular weight excluding hydrogens is 414 g/mol. The van der Waals surface area contributed by atoms with Crippen molar-refractivity contribution in [3.8, 4) is 0 Å². The van der Waals surface area contributed by atoms with E-state index in [0.29, 0.717) is 18.0 Å². The van der Waals surface area contributed by atoms with Gasteiger partial charge in [-0.1, -0.05) is 0 Å². The van der Waals surface area contributed by atoms with Gasteiger partial charge >= 0.3 is 0 Å². The molecule has 1 radical (unpaired) electrons. The molecule has 1 aromatic carbocycles. The summed E-state index contributed by atoms with van der Waals surface area (Å²) in [5.41, 5.74) is 1.74. The van der Waals surface area contributed by atoms with E-state index in [-0.39, 0.29) is 19.1 Å². The number of hydrogen-bond donors (Lipinski definition) is 4. The van der Waals surface area contributed by atoms with Gasteiger partial charge in [-0.2, -0.15) is 10.1 Å². The van der Waals surface area contributed by atoms with Crippen LogP contribution in [0.4, 0.5) is 5.82 Å². The van der Waals surface area contributed by atoms with Gasteiger partial charge in [0.1, 0.15) is 6.54 Å². The lowest BCUT2D eigenvalue weighted by Gasteiger charge is -2.24. The van der Waals surface area contributed by atoms with Gasteiger partial charge in [0.2, 0.25) is 0 Å². The van der Waals surface area contributed by atoms with Crippen LogP contribution >= 0.6 is 11.9 Å². The molecule has 0 bridgehead atoms. The quantitative estimate of drug-likeness (QED) is 0.372. The number of anilines is 1. The summed E-state index contributed by atoms with van der Waals surface area (Å²) in [5.74, 6) is 3.02. The zero-order chi connectivity index (χ0) is 21.2. The standard InChI is InChI=1S/C21H23N7O2S/c29-10-8-23-21(30)15-3-5-16(6-4-15)31-27-12-19-22-7-9-28(19)20(13-27)24-18-11-17(25-26-18)14-1-2-14/h3-7,9,11,13-14,29H,1-2,8,10,12H2,(H,23,30)(H2,24,25,26)/q+1. The number of benzene rings is 1. The van der Waals surface area contributed by atoms with E-state index in [4.69, 9.17) is 5.11 Å². The summed E-state index contributed by atoms with van der Waals surface area (Å²) < 4.78 is 2.10. The summed E-state index contributed by atoms with van der Waals surface area (Å²) in [6.45, 7) is 0.817. The molecule has 3 aliphatic rings. The minimum absolute atomic E-state index is 0.0761. The summed E-state index contributed by atoms with van der Waals surface area (Å²) in [4.78, 5) is 19.5. The van der Waals surface area contributed by atoms with Crippen LogP contribution in [0.1, 0.15) is 34.8 Å². The number of amidine groups is 1. The van der Waals surface area contributed by atoms with Gasteiger partial charge in [-0.3, -0.25) is 19.5 Å². The first kappa shape index (κ1) is 19.9. The number of aliphatic imine (C=N–C) groups is 1. The van der Waals surface area contributed by atoms with Crippen molar-refractivity contribution in [3.05, 3.63) is 66.0 Å². The SMILES string of the molecule is O=C(NCCO)c1ccc(SN2C=C(Nc3cc(C4CC4)[nH]n3)[N+]3C=CN=C3C2)cc1. The normalized spacial score (nSPS) is 17.9. The molecule has 0 spiro atoms. The molecule has 2 aliphatic heterocycles. The third-order valence-electron chi connectivity index (χ3n) is 5.15. The number of fused-ring (bicyclic) bond motifs is 1. The number of rotatable bonds is 8. The van der Waals surface area contributed by atoms with Crippen LogP contribution in [0, 0.1) is 0 Å². The predicted octanol–water partition coefficient (Wildman–Crippen LogP) is 2.27. The van der Waals surface area contributed by atoms with E-state index in [9.17, 15) is 4.79 Å². The van der Waals surface area contributed by atoms with E-state index in [2.05, 4.69) is 36.2 Å². The zero-order valence-corrected chi connectivity index (χ0v) is 17.6. The van der Waals surface area contributed by atoms with Gasteiger partial charge in [0.05, 0.1) is 19.0 Å². The van der Waals surface area contributed by atoms with Crippen molar-refractivity contribution in [1.82, 2.24) is 24.7 Å². The highest BCUT2D eigenvalue weighted by molar-refractivity contribution is 7.97. The second-order valence-corrected chi connectivity index (χ2v) is 8.63. The molecule has 1 aromatic heterocycles. The van der Waals surface area contributed by atoms with Crippen LogP contribution in [0.3, 0.4) is 0 Å². The number of aliphatic hydroxyl groups is 1.